The number of ether oxygens (including phenoxy) is 2. The van der Waals surface area contributed by atoms with Crippen LogP contribution in [0.5, 0.6) is 5.75 Å². The average Bonchev–Trinajstić information content (AvgIpc) is 3.25. The maximum Gasteiger partial charge on any atom is 0.414 e. The zero-order valence-corrected chi connectivity index (χ0v) is 20.4. The van der Waals surface area contributed by atoms with Crippen LogP contribution in [0.4, 0.5) is 16.2 Å². The summed E-state index contributed by atoms with van der Waals surface area (Å²) in [6.45, 7) is 0.994. The Morgan fingerprint density at radius 3 is 2.86 bits per heavy atom. The molecule has 1 aromatic heterocycles. The molecule has 36 heavy (non-hydrogen) atoms. The molecule has 10 nitrogen and oxygen atoms in total. The number of thioether (sulfide) groups is 1. The Hall–Kier alpha value is -3.54. The van der Waals surface area contributed by atoms with Gasteiger partial charge in [-0.1, -0.05) is 0 Å². The van der Waals surface area contributed by atoms with E-state index in [0.29, 0.717) is 41.5 Å². The minimum absolute atomic E-state index is 0.0702. The fourth-order valence-electron chi connectivity index (χ4n) is 4.35. The lowest BCUT2D eigenvalue weighted by atomic mass is 10.2. The van der Waals surface area contributed by atoms with E-state index in [1.165, 1.54) is 27.3 Å². The van der Waals surface area contributed by atoms with Crippen LogP contribution < -0.4 is 25.8 Å². The van der Waals surface area contributed by atoms with Crippen molar-refractivity contribution in [2.24, 2.45) is 0 Å². The lowest BCUT2D eigenvalue weighted by molar-refractivity contribution is -0.113. The summed E-state index contributed by atoms with van der Waals surface area (Å²) in [4.78, 5) is 39.1. The molecular weight excluding hydrogens is 484 g/mol. The molecule has 0 unspecified atom stereocenters. The number of nitrogens with zero attached hydrogens (tertiary/aromatic N) is 2. The second-order valence-electron chi connectivity index (χ2n) is 8.65. The molecule has 1 fully saturated rings. The zero-order chi connectivity index (χ0) is 25.2. The number of rotatable bonds is 8. The van der Waals surface area contributed by atoms with Gasteiger partial charge in [0.2, 0.25) is 5.91 Å². The van der Waals surface area contributed by atoms with Gasteiger partial charge in [0, 0.05) is 35.8 Å². The Morgan fingerprint density at radius 2 is 2.03 bits per heavy atom. The van der Waals surface area contributed by atoms with Crippen molar-refractivity contribution in [3.63, 3.8) is 0 Å². The number of aliphatic hydroxyl groups is 1. The number of nitrogens with one attached hydrogen (secondary N) is 2. The Labute approximate surface area is 211 Å². The number of pyridine rings is 1. The van der Waals surface area contributed by atoms with E-state index in [-0.39, 0.29) is 24.6 Å². The summed E-state index contributed by atoms with van der Waals surface area (Å²) in [5.74, 6) is 0.933. The molecule has 3 aromatic rings. The van der Waals surface area contributed by atoms with E-state index in [4.69, 9.17) is 9.47 Å². The Balaban J connectivity index is 1.17. The highest BCUT2D eigenvalue weighted by Gasteiger charge is 2.33. The molecule has 0 aliphatic carbocycles. The molecule has 2 amide bonds. The van der Waals surface area contributed by atoms with Crippen LogP contribution in [-0.4, -0.2) is 66.4 Å². The number of amides is 2. The van der Waals surface area contributed by atoms with E-state index < -0.39 is 18.3 Å². The van der Waals surface area contributed by atoms with Gasteiger partial charge in [0.15, 0.2) is 0 Å². The van der Waals surface area contributed by atoms with Crippen molar-refractivity contribution in [3.8, 4) is 5.75 Å². The van der Waals surface area contributed by atoms with Crippen molar-refractivity contribution < 1.29 is 24.2 Å². The standard InChI is InChI=1S/C25H26N4O6S/c1-34-18-5-2-15-3-7-24(32)29(21(15)9-18)12-17(30)10-26-11-19-13-28(25(33)35-19)16-4-6-22-20(8-16)27-23(31)14-36-22/h2-9,17,19,26,30H,10-14H2,1H3,(H,27,31)/t17-,19+/m0/s1. The van der Waals surface area contributed by atoms with Crippen LogP contribution in [0.15, 0.2) is 58.2 Å². The largest absolute Gasteiger partial charge is 0.497 e. The van der Waals surface area contributed by atoms with Gasteiger partial charge in [-0.15, -0.1) is 11.8 Å². The van der Waals surface area contributed by atoms with Crippen molar-refractivity contribution in [3.05, 3.63) is 58.9 Å². The fraction of sp³-hybridized carbons (Fsp3) is 0.320. The highest BCUT2D eigenvalue weighted by atomic mass is 32.2. The predicted molar refractivity (Wildman–Crippen MR) is 137 cm³/mol. The summed E-state index contributed by atoms with van der Waals surface area (Å²) >= 11 is 1.46. The molecule has 5 rings (SSSR count). The number of carbonyl (C=O) groups excluding carboxylic acids is 2. The predicted octanol–water partition coefficient (Wildman–Crippen LogP) is 2.03. The molecular formula is C25H26N4O6S. The molecule has 2 aliphatic rings. The summed E-state index contributed by atoms with van der Waals surface area (Å²) in [7, 11) is 1.56. The quantitative estimate of drug-likeness (QED) is 0.421. The monoisotopic (exact) mass is 510 g/mol. The third-order valence-electron chi connectivity index (χ3n) is 6.13. The molecule has 188 valence electrons. The molecule has 1 saturated heterocycles. The summed E-state index contributed by atoms with van der Waals surface area (Å²) < 4.78 is 12.3. The smallest absolute Gasteiger partial charge is 0.414 e. The number of aromatic nitrogens is 1. The van der Waals surface area contributed by atoms with Gasteiger partial charge < -0.3 is 29.8 Å². The molecule has 3 heterocycles. The number of carbonyl (C=O) groups is 2. The van der Waals surface area contributed by atoms with Crippen LogP contribution in [0, 0.1) is 0 Å². The molecule has 11 heteroatoms. The van der Waals surface area contributed by atoms with Gasteiger partial charge in [-0.2, -0.15) is 0 Å². The number of methoxy groups -OCH3 is 1. The minimum Gasteiger partial charge on any atom is -0.497 e. The normalized spacial score (nSPS) is 18.1. The van der Waals surface area contributed by atoms with Gasteiger partial charge in [0.25, 0.3) is 5.56 Å². The SMILES string of the molecule is COc1ccc2ccc(=O)n(C[C@@H](O)CNC[C@@H]3CN(c4ccc5c(c4)NC(=O)CS5)C(=O)O3)c2c1. The highest BCUT2D eigenvalue weighted by Crippen LogP contribution is 2.35. The summed E-state index contributed by atoms with van der Waals surface area (Å²) in [6, 6.07) is 14.2. The van der Waals surface area contributed by atoms with E-state index in [2.05, 4.69) is 10.6 Å². The van der Waals surface area contributed by atoms with E-state index >= 15 is 0 Å². The van der Waals surface area contributed by atoms with Gasteiger partial charge in [-0.05, 0) is 41.8 Å². The first-order valence-corrected chi connectivity index (χ1v) is 12.5. The Bertz CT molecular complexity index is 1380. The third-order valence-corrected chi connectivity index (χ3v) is 7.20. The van der Waals surface area contributed by atoms with Crippen molar-refractivity contribution in [1.82, 2.24) is 9.88 Å². The van der Waals surface area contributed by atoms with Crippen LogP contribution in [0.1, 0.15) is 0 Å². The van der Waals surface area contributed by atoms with Gasteiger partial charge in [0.05, 0.1) is 43.3 Å². The lowest BCUT2D eigenvalue weighted by Gasteiger charge is -2.20. The Kier molecular flexibility index (Phi) is 6.86. The topological polar surface area (TPSA) is 122 Å². The maximum absolute atomic E-state index is 12.5. The van der Waals surface area contributed by atoms with Crippen molar-refractivity contribution >= 4 is 46.0 Å². The lowest BCUT2D eigenvalue weighted by Crippen LogP contribution is -2.38. The average molecular weight is 511 g/mol. The molecule has 0 radical (unpaired) electrons. The minimum atomic E-state index is -0.838. The molecule has 3 N–H and O–H groups in total. The van der Waals surface area contributed by atoms with Crippen molar-refractivity contribution in [2.45, 2.75) is 23.6 Å². The van der Waals surface area contributed by atoms with E-state index in [9.17, 15) is 19.5 Å². The number of anilines is 2. The Morgan fingerprint density at radius 1 is 1.19 bits per heavy atom. The van der Waals surface area contributed by atoms with Crippen molar-refractivity contribution in [2.75, 3.05) is 42.7 Å². The zero-order valence-electron chi connectivity index (χ0n) is 19.6. The highest BCUT2D eigenvalue weighted by molar-refractivity contribution is 8.00. The number of benzene rings is 2. The van der Waals surface area contributed by atoms with Crippen molar-refractivity contribution in [1.29, 1.82) is 0 Å². The first kappa shape index (κ1) is 24.2. The molecule has 2 atom stereocenters. The van der Waals surface area contributed by atoms with E-state index in [1.807, 2.05) is 24.3 Å². The van der Waals surface area contributed by atoms with Gasteiger partial charge in [-0.3, -0.25) is 14.5 Å². The number of fused-ring (bicyclic) bond motifs is 2. The summed E-state index contributed by atoms with van der Waals surface area (Å²) in [5, 5.41) is 17.4. The van der Waals surface area contributed by atoms with Crippen LogP contribution in [0.2, 0.25) is 0 Å². The molecule has 2 aromatic carbocycles. The third kappa shape index (κ3) is 5.03. The van der Waals surface area contributed by atoms with E-state index in [0.717, 1.165) is 10.3 Å². The van der Waals surface area contributed by atoms with Gasteiger partial charge in [0.1, 0.15) is 11.9 Å². The van der Waals surface area contributed by atoms with Crippen LogP contribution in [0.3, 0.4) is 0 Å². The fourth-order valence-corrected chi connectivity index (χ4v) is 5.14. The van der Waals surface area contributed by atoms with Crippen LogP contribution in [-0.2, 0) is 16.1 Å². The molecule has 0 spiro atoms. The second kappa shape index (κ2) is 10.2. The van der Waals surface area contributed by atoms with Gasteiger partial charge in [-0.25, -0.2) is 4.79 Å². The second-order valence-corrected chi connectivity index (χ2v) is 9.67. The first-order chi connectivity index (χ1) is 17.4. The van der Waals surface area contributed by atoms with Crippen LogP contribution >= 0.6 is 11.8 Å². The first-order valence-electron chi connectivity index (χ1n) is 11.5. The van der Waals surface area contributed by atoms with Gasteiger partial charge >= 0.3 is 6.09 Å². The molecule has 0 bridgehead atoms. The maximum atomic E-state index is 12.5. The summed E-state index contributed by atoms with van der Waals surface area (Å²) in [5.41, 5.74) is 1.80. The van der Waals surface area contributed by atoms with Crippen LogP contribution in [0.25, 0.3) is 10.9 Å². The number of hydrogen-bond donors (Lipinski definition) is 3. The number of cyclic esters (lactones) is 1. The number of hydrogen-bond acceptors (Lipinski definition) is 8. The molecule has 2 aliphatic heterocycles. The summed E-state index contributed by atoms with van der Waals surface area (Å²) in [6.07, 6.45) is -1.71. The van der Waals surface area contributed by atoms with E-state index in [1.54, 1.807) is 25.3 Å². The molecule has 0 saturated carbocycles. The number of aliphatic hydroxyl groups excluding tert-OH is 1.